The number of ketones is 1. The molecule has 2 unspecified atom stereocenters. The fourth-order valence-corrected chi connectivity index (χ4v) is 5.86. The first-order valence-electron chi connectivity index (χ1n) is 16.4. The molecule has 0 saturated heterocycles. The van der Waals surface area contributed by atoms with Gasteiger partial charge >= 0.3 is 5.69 Å². The second-order valence-electron chi connectivity index (χ2n) is 12.8. The molecule has 1 heterocycles. The zero-order valence-corrected chi connectivity index (χ0v) is 27.8. The van der Waals surface area contributed by atoms with Crippen molar-refractivity contribution in [1.29, 1.82) is 0 Å². The highest BCUT2D eigenvalue weighted by Gasteiger charge is 2.29. The van der Waals surface area contributed by atoms with Crippen LogP contribution in [0, 0.1) is 22.0 Å². The number of benzene rings is 4. The summed E-state index contributed by atoms with van der Waals surface area (Å²) in [4.78, 5) is 67.3. The summed E-state index contributed by atoms with van der Waals surface area (Å²) in [5.74, 6) is -2.10. The van der Waals surface area contributed by atoms with Crippen LogP contribution in [0.15, 0.2) is 84.9 Å². The number of carbonyl (C=O) groups excluding carboxylic acids is 4. The Labute approximate surface area is 284 Å². The van der Waals surface area contributed by atoms with Gasteiger partial charge in [0.15, 0.2) is 5.78 Å². The zero-order chi connectivity index (χ0) is 35.1. The van der Waals surface area contributed by atoms with E-state index in [1.807, 2.05) is 56.3 Å². The number of rotatable bonds is 7. The topological polar surface area (TPSA) is 148 Å². The number of nitro benzene ring substituents is 1. The molecule has 11 heteroatoms. The Balaban J connectivity index is 1.54. The summed E-state index contributed by atoms with van der Waals surface area (Å²) in [5.41, 5.74) is 1.26. The van der Waals surface area contributed by atoms with Crippen molar-refractivity contribution in [2.24, 2.45) is 11.8 Å². The van der Waals surface area contributed by atoms with E-state index in [4.69, 9.17) is 4.74 Å². The van der Waals surface area contributed by atoms with E-state index >= 15 is 0 Å². The lowest BCUT2D eigenvalue weighted by Gasteiger charge is -2.26. The van der Waals surface area contributed by atoms with Gasteiger partial charge in [0.25, 0.3) is 0 Å². The molecule has 0 radical (unpaired) electrons. The van der Waals surface area contributed by atoms with Gasteiger partial charge in [0.2, 0.25) is 23.5 Å². The third-order valence-corrected chi connectivity index (χ3v) is 8.54. The van der Waals surface area contributed by atoms with Gasteiger partial charge in [0, 0.05) is 43.5 Å². The predicted octanol–water partition coefficient (Wildman–Crippen LogP) is 5.98. The monoisotopic (exact) mass is 664 g/mol. The Morgan fingerprint density at radius 1 is 1.00 bits per heavy atom. The Hall–Kier alpha value is -5.58. The summed E-state index contributed by atoms with van der Waals surface area (Å²) in [5, 5.41) is 19.5. The highest BCUT2D eigenvalue weighted by atomic mass is 16.6. The molecule has 4 aromatic carbocycles. The Morgan fingerprint density at radius 3 is 2.53 bits per heavy atom. The van der Waals surface area contributed by atoms with Gasteiger partial charge < -0.3 is 20.3 Å². The molecule has 2 N–H and O–H groups in total. The van der Waals surface area contributed by atoms with E-state index in [0.29, 0.717) is 18.0 Å². The lowest BCUT2D eigenvalue weighted by Crippen LogP contribution is -2.51. The molecular formula is C38H40N4O7. The number of fused-ring (bicyclic) bond motifs is 5. The van der Waals surface area contributed by atoms with E-state index in [1.54, 1.807) is 31.2 Å². The van der Waals surface area contributed by atoms with Crippen molar-refractivity contribution in [3.8, 4) is 11.5 Å². The van der Waals surface area contributed by atoms with Crippen molar-refractivity contribution in [2.75, 3.05) is 13.1 Å². The van der Waals surface area contributed by atoms with Gasteiger partial charge in [-0.2, -0.15) is 0 Å². The SMILES string of the molecule is CC(C)CCNC(=O)C1Cc2cccc(c2)Oc2cc(ccc2[N+](=O)[O-])C(=O)C(C)CC(=O)N(Cc2cccc3ccccc23)CC(=O)N1. The highest BCUT2D eigenvalue weighted by Crippen LogP contribution is 2.34. The molecule has 0 aromatic heterocycles. The van der Waals surface area contributed by atoms with Crippen LogP contribution in [0.3, 0.4) is 0 Å². The van der Waals surface area contributed by atoms with E-state index in [1.165, 1.54) is 23.1 Å². The first kappa shape index (κ1) is 34.7. The van der Waals surface area contributed by atoms with Gasteiger partial charge in [-0.25, -0.2) is 0 Å². The number of nitrogens with zero attached hydrogens (tertiary/aromatic N) is 2. The van der Waals surface area contributed by atoms with Gasteiger partial charge in [0.1, 0.15) is 11.8 Å². The van der Waals surface area contributed by atoms with Crippen LogP contribution >= 0.6 is 0 Å². The molecule has 4 aromatic rings. The van der Waals surface area contributed by atoms with Crippen molar-refractivity contribution in [3.05, 3.63) is 112 Å². The lowest BCUT2D eigenvalue weighted by atomic mass is 9.95. The van der Waals surface area contributed by atoms with Gasteiger partial charge in [0.05, 0.1) is 11.5 Å². The minimum Gasteiger partial charge on any atom is -0.450 e. The standard InChI is InChI=1S/C38H40N4O7/c1-24(2)16-17-39-38(46)32-20-26-8-6-12-30(19-26)49-34-21-28(14-15-33(34)42(47)48)37(45)25(3)18-36(44)41(23-35(43)40-32)22-29-11-7-10-27-9-4-5-13-31(27)29/h4-15,19,21,24-25,32H,16-18,20,22-23H2,1-3H3,(H,39,46)(H,40,43). The maximum absolute atomic E-state index is 13.9. The van der Waals surface area contributed by atoms with Crippen LogP contribution in [0.25, 0.3) is 10.8 Å². The number of hydrogen-bond donors (Lipinski definition) is 2. The number of carbonyl (C=O) groups is 4. The minimum absolute atomic E-state index is 0.0887. The first-order valence-corrected chi connectivity index (χ1v) is 16.4. The molecule has 1 aliphatic rings. The molecule has 3 amide bonds. The molecule has 1 aliphatic heterocycles. The molecule has 0 spiro atoms. The number of hydrogen-bond acceptors (Lipinski definition) is 7. The number of amides is 3. The smallest absolute Gasteiger partial charge is 0.311 e. The molecule has 254 valence electrons. The van der Waals surface area contributed by atoms with Gasteiger partial charge in [-0.1, -0.05) is 75.4 Å². The lowest BCUT2D eigenvalue weighted by molar-refractivity contribution is -0.385. The molecule has 2 atom stereocenters. The minimum atomic E-state index is -0.988. The van der Waals surface area contributed by atoms with Crippen LogP contribution in [0.2, 0.25) is 0 Å². The second-order valence-corrected chi connectivity index (χ2v) is 12.8. The molecule has 0 fully saturated rings. The molecule has 0 saturated carbocycles. The number of ether oxygens (including phenoxy) is 1. The van der Waals surface area contributed by atoms with Crippen molar-refractivity contribution in [1.82, 2.24) is 15.5 Å². The molecule has 5 rings (SSSR count). The maximum atomic E-state index is 13.9. The average molecular weight is 665 g/mol. The van der Waals surface area contributed by atoms with E-state index in [-0.39, 0.29) is 54.6 Å². The average Bonchev–Trinajstić information content (AvgIpc) is 3.07. The van der Waals surface area contributed by atoms with Crippen LogP contribution in [0.4, 0.5) is 5.69 Å². The van der Waals surface area contributed by atoms with Crippen molar-refractivity contribution in [2.45, 2.75) is 52.6 Å². The quantitative estimate of drug-likeness (QED) is 0.182. The normalized spacial score (nSPS) is 17.3. The number of nitrogens with one attached hydrogen (secondary N) is 2. The summed E-state index contributed by atoms with van der Waals surface area (Å²) < 4.78 is 5.95. The maximum Gasteiger partial charge on any atom is 0.311 e. The largest absolute Gasteiger partial charge is 0.450 e. The Kier molecular flexibility index (Phi) is 11.0. The van der Waals surface area contributed by atoms with Crippen LogP contribution in [0.1, 0.15) is 55.1 Å². The molecule has 0 aliphatic carbocycles. The summed E-state index contributed by atoms with van der Waals surface area (Å²) in [6, 6.07) is 23.0. The van der Waals surface area contributed by atoms with Crippen LogP contribution < -0.4 is 15.4 Å². The van der Waals surface area contributed by atoms with Crippen molar-refractivity contribution in [3.63, 3.8) is 0 Å². The summed E-state index contributed by atoms with van der Waals surface area (Å²) in [6.07, 6.45) is 0.618. The number of Topliss-reactive ketones (excluding diaryl/α,β-unsaturated/α-hetero) is 1. The van der Waals surface area contributed by atoms with E-state index in [0.717, 1.165) is 22.8 Å². The van der Waals surface area contributed by atoms with Crippen molar-refractivity contribution >= 4 is 40.0 Å². The summed E-state index contributed by atoms with van der Waals surface area (Å²) >= 11 is 0. The van der Waals surface area contributed by atoms with Crippen LogP contribution in [-0.4, -0.2) is 52.5 Å². The van der Waals surface area contributed by atoms with Gasteiger partial charge in [-0.3, -0.25) is 29.3 Å². The van der Waals surface area contributed by atoms with Gasteiger partial charge in [-0.05, 0) is 58.5 Å². The van der Waals surface area contributed by atoms with E-state index in [2.05, 4.69) is 10.6 Å². The van der Waals surface area contributed by atoms with Crippen LogP contribution in [0.5, 0.6) is 11.5 Å². The molecular weight excluding hydrogens is 624 g/mol. The van der Waals surface area contributed by atoms with Crippen LogP contribution in [-0.2, 0) is 27.3 Å². The third kappa shape index (κ3) is 8.86. The Morgan fingerprint density at radius 2 is 1.76 bits per heavy atom. The number of nitro groups is 1. The fourth-order valence-electron chi connectivity index (χ4n) is 5.86. The zero-order valence-electron chi connectivity index (χ0n) is 27.8. The molecule has 4 bridgehead atoms. The highest BCUT2D eigenvalue weighted by molar-refractivity contribution is 6.00. The predicted molar refractivity (Wildman–Crippen MR) is 185 cm³/mol. The molecule has 49 heavy (non-hydrogen) atoms. The second kappa shape index (κ2) is 15.5. The van der Waals surface area contributed by atoms with E-state index < -0.39 is 34.5 Å². The van der Waals surface area contributed by atoms with Crippen molar-refractivity contribution < 1.29 is 28.8 Å². The van der Waals surface area contributed by atoms with E-state index in [9.17, 15) is 29.3 Å². The molecule has 11 nitrogen and oxygen atoms in total. The summed E-state index contributed by atoms with van der Waals surface area (Å²) in [7, 11) is 0. The summed E-state index contributed by atoms with van der Waals surface area (Å²) in [6.45, 7) is 5.87. The fraction of sp³-hybridized carbons (Fsp3) is 0.316. The first-order chi connectivity index (χ1) is 23.5. The van der Waals surface area contributed by atoms with Gasteiger partial charge in [-0.15, -0.1) is 0 Å². The third-order valence-electron chi connectivity index (χ3n) is 8.54. The Bertz CT molecular complexity index is 1880.